The van der Waals surface area contributed by atoms with E-state index in [0.717, 1.165) is 31.5 Å². The molecule has 1 saturated carbocycles. The zero-order valence-electron chi connectivity index (χ0n) is 12.7. The van der Waals surface area contributed by atoms with Crippen molar-refractivity contribution < 1.29 is 4.79 Å². The molecule has 2 unspecified atom stereocenters. The highest BCUT2D eigenvalue weighted by Gasteiger charge is 2.43. The smallest absolute Gasteiger partial charge is 0.223 e. The topological polar surface area (TPSA) is 46.1 Å². The number of hydrogen-bond acceptors (Lipinski definition) is 3. The lowest BCUT2D eigenvalue weighted by Gasteiger charge is -2.36. The van der Waals surface area contributed by atoms with Crippen molar-refractivity contribution in [2.24, 2.45) is 5.92 Å². The summed E-state index contributed by atoms with van der Waals surface area (Å²) in [5.74, 6) is 1.85. The van der Waals surface area contributed by atoms with Gasteiger partial charge in [0.1, 0.15) is 5.82 Å². The first-order chi connectivity index (χ1) is 10.2. The fraction of sp³-hybridized carbons (Fsp3) is 0.706. The third-order valence-electron chi connectivity index (χ3n) is 5.54. The summed E-state index contributed by atoms with van der Waals surface area (Å²) >= 11 is 0. The highest BCUT2D eigenvalue weighted by Crippen LogP contribution is 2.43. The summed E-state index contributed by atoms with van der Waals surface area (Å²) in [6.07, 6.45) is 10.9. The first kappa shape index (κ1) is 13.2. The quantitative estimate of drug-likeness (QED) is 0.839. The van der Waals surface area contributed by atoms with Crippen LogP contribution in [0.5, 0.6) is 0 Å². The minimum absolute atomic E-state index is 0.244. The molecule has 0 radical (unpaired) electrons. The maximum absolute atomic E-state index is 12.8. The molecule has 1 saturated heterocycles. The zero-order valence-corrected chi connectivity index (χ0v) is 12.7. The molecule has 2 atom stereocenters. The van der Waals surface area contributed by atoms with Crippen molar-refractivity contribution in [1.29, 1.82) is 0 Å². The van der Waals surface area contributed by atoms with Crippen LogP contribution in [0.4, 0.5) is 0 Å². The van der Waals surface area contributed by atoms with E-state index in [1.165, 1.54) is 36.9 Å². The van der Waals surface area contributed by atoms with Crippen molar-refractivity contribution in [2.75, 3.05) is 0 Å². The van der Waals surface area contributed by atoms with Gasteiger partial charge in [-0.2, -0.15) is 0 Å². The minimum Gasteiger partial charge on any atom is -0.332 e. The highest BCUT2D eigenvalue weighted by atomic mass is 16.2. The number of carbonyl (C=O) groups excluding carboxylic acids is 1. The molecular formula is C17H23N3O. The molecule has 4 heteroatoms. The van der Waals surface area contributed by atoms with Crippen LogP contribution in [-0.2, 0) is 11.2 Å². The van der Waals surface area contributed by atoms with Gasteiger partial charge in [-0.1, -0.05) is 12.8 Å². The van der Waals surface area contributed by atoms with Gasteiger partial charge < -0.3 is 4.90 Å². The van der Waals surface area contributed by atoms with E-state index in [0.29, 0.717) is 17.9 Å². The number of rotatable bonds is 2. The third-order valence-corrected chi connectivity index (χ3v) is 5.54. The molecule has 4 nitrogen and oxygen atoms in total. The summed E-state index contributed by atoms with van der Waals surface area (Å²) in [6.45, 7) is 1.94. The second-order valence-corrected chi connectivity index (χ2v) is 6.93. The van der Waals surface area contributed by atoms with Crippen molar-refractivity contribution in [2.45, 2.75) is 70.4 Å². The van der Waals surface area contributed by atoms with Gasteiger partial charge >= 0.3 is 0 Å². The average Bonchev–Trinajstić information content (AvgIpc) is 3.06. The Balaban J connectivity index is 1.57. The van der Waals surface area contributed by atoms with E-state index in [1.54, 1.807) is 0 Å². The van der Waals surface area contributed by atoms with Crippen LogP contribution in [0.15, 0.2) is 6.20 Å². The van der Waals surface area contributed by atoms with Crippen LogP contribution in [0.25, 0.3) is 0 Å². The Labute approximate surface area is 126 Å². The van der Waals surface area contributed by atoms with E-state index >= 15 is 0 Å². The normalized spacial score (nSPS) is 28.0. The Bertz CT molecular complexity index is 565. The van der Waals surface area contributed by atoms with Crippen LogP contribution in [0.2, 0.25) is 0 Å². The summed E-state index contributed by atoms with van der Waals surface area (Å²) in [4.78, 5) is 23.9. The molecule has 1 aliphatic carbocycles. The Morgan fingerprint density at radius 1 is 1.29 bits per heavy atom. The van der Waals surface area contributed by atoms with E-state index in [1.807, 2.05) is 13.1 Å². The summed E-state index contributed by atoms with van der Waals surface area (Å²) < 4.78 is 0. The first-order valence-electron chi connectivity index (χ1n) is 8.36. The van der Waals surface area contributed by atoms with Gasteiger partial charge in [-0.15, -0.1) is 0 Å². The Hall–Kier alpha value is -1.45. The van der Waals surface area contributed by atoms with Crippen molar-refractivity contribution in [3.05, 3.63) is 23.3 Å². The van der Waals surface area contributed by atoms with Gasteiger partial charge in [-0.3, -0.25) is 4.79 Å². The number of aryl methyl sites for hydroxylation is 1. The number of aromatic nitrogens is 2. The molecule has 2 aliphatic heterocycles. The van der Waals surface area contributed by atoms with Gasteiger partial charge in [0.05, 0.1) is 11.7 Å². The van der Waals surface area contributed by atoms with E-state index < -0.39 is 0 Å². The van der Waals surface area contributed by atoms with Crippen molar-refractivity contribution in [3.63, 3.8) is 0 Å². The third kappa shape index (κ3) is 2.25. The highest BCUT2D eigenvalue weighted by molar-refractivity contribution is 5.78. The Kier molecular flexibility index (Phi) is 3.20. The monoisotopic (exact) mass is 285 g/mol. The number of carbonyl (C=O) groups is 1. The van der Waals surface area contributed by atoms with Crippen LogP contribution in [0.1, 0.15) is 68.1 Å². The van der Waals surface area contributed by atoms with Gasteiger partial charge in [0.15, 0.2) is 0 Å². The van der Waals surface area contributed by atoms with Crippen molar-refractivity contribution in [1.82, 2.24) is 14.9 Å². The molecule has 1 aromatic rings. The maximum atomic E-state index is 12.8. The maximum Gasteiger partial charge on any atom is 0.223 e. The van der Waals surface area contributed by atoms with Crippen molar-refractivity contribution in [3.8, 4) is 0 Å². The van der Waals surface area contributed by atoms with Crippen LogP contribution >= 0.6 is 0 Å². The second kappa shape index (κ2) is 5.08. The van der Waals surface area contributed by atoms with Crippen LogP contribution in [0, 0.1) is 12.8 Å². The second-order valence-electron chi connectivity index (χ2n) is 6.93. The number of amides is 1. The molecule has 4 rings (SSSR count). The molecule has 112 valence electrons. The van der Waals surface area contributed by atoms with E-state index in [9.17, 15) is 4.79 Å². The summed E-state index contributed by atoms with van der Waals surface area (Å²) in [6, 6.07) is 0.624. The lowest BCUT2D eigenvalue weighted by Crippen LogP contribution is -2.42. The van der Waals surface area contributed by atoms with Gasteiger partial charge in [0.25, 0.3) is 0 Å². The molecule has 2 bridgehead atoms. The minimum atomic E-state index is 0.244. The molecule has 0 spiro atoms. The summed E-state index contributed by atoms with van der Waals surface area (Å²) in [5, 5.41) is 0. The van der Waals surface area contributed by atoms with Gasteiger partial charge in [0, 0.05) is 30.6 Å². The Morgan fingerprint density at radius 3 is 2.90 bits per heavy atom. The van der Waals surface area contributed by atoms with Gasteiger partial charge in [-0.25, -0.2) is 9.97 Å². The average molecular weight is 285 g/mol. The largest absolute Gasteiger partial charge is 0.332 e. The molecule has 0 aromatic carbocycles. The molecule has 21 heavy (non-hydrogen) atoms. The van der Waals surface area contributed by atoms with E-state index in [2.05, 4.69) is 14.9 Å². The van der Waals surface area contributed by atoms with Crippen molar-refractivity contribution >= 4 is 5.91 Å². The van der Waals surface area contributed by atoms with E-state index in [-0.39, 0.29) is 6.04 Å². The number of fused-ring (bicyclic) bond motifs is 4. The zero-order chi connectivity index (χ0) is 14.4. The molecule has 1 aromatic heterocycles. The Morgan fingerprint density at radius 2 is 2.10 bits per heavy atom. The lowest BCUT2D eigenvalue weighted by molar-refractivity contribution is -0.135. The summed E-state index contributed by atoms with van der Waals surface area (Å²) in [5.41, 5.74) is 2.38. The predicted octanol–water partition coefficient (Wildman–Crippen LogP) is 2.95. The first-order valence-corrected chi connectivity index (χ1v) is 8.36. The van der Waals surface area contributed by atoms with Crippen LogP contribution in [-0.4, -0.2) is 26.8 Å². The number of hydrogen-bond donors (Lipinski definition) is 0. The fourth-order valence-electron chi connectivity index (χ4n) is 4.52. The molecule has 2 fully saturated rings. The van der Waals surface area contributed by atoms with Crippen LogP contribution < -0.4 is 0 Å². The molecule has 1 amide bonds. The summed E-state index contributed by atoms with van der Waals surface area (Å²) in [7, 11) is 0. The standard InChI is InChI=1S/C17H23N3O/c1-11-18-10-14-15(19-11)9-13-6-7-16(14)20(13)17(21)8-12-4-2-3-5-12/h10,12-13,16H,2-9H2,1H3. The SMILES string of the molecule is Cc1ncc2c(n1)CC1CCC2N1C(=O)CC1CCCC1. The molecule has 3 aliphatic rings. The molecule has 0 N–H and O–H groups in total. The lowest BCUT2D eigenvalue weighted by atomic mass is 9.96. The van der Waals surface area contributed by atoms with Crippen LogP contribution in [0.3, 0.4) is 0 Å². The molecular weight excluding hydrogens is 262 g/mol. The number of nitrogens with zero attached hydrogens (tertiary/aromatic N) is 3. The van der Waals surface area contributed by atoms with E-state index in [4.69, 9.17) is 0 Å². The predicted molar refractivity (Wildman–Crippen MR) is 79.7 cm³/mol. The fourth-order valence-corrected chi connectivity index (χ4v) is 4.52. The van der Waals surface area contributed by atoms with Gasteiger partial charge in [-0.05, 0) is 38.5 Å². The molecule has 3 heterocycles. The van der Waals surface area contributed by atoms with Gasteiger partial charge in [0.2, 0.25) is 5.91 Å².